The van der Waals surface area contributed by atoms with Gasteiger partial charge in [-0.05, 0) is 51.8 Å². The van der Waals surface area contributed by atoms with Crippen molar-refractivity contribution in [3.63, 3.8) is 0 Å². The number of aromatic nitrogens is 3. The second-order valence-electron chi connectivity index (χ2n) is 8.91. The third-order valence-electron chi connectivity index (χ3n) is 5.90. The minimum Gasteiger partial charge on any atom is -0.490 e. The summed E-state index contributed by atoms with van der Waals surface area (Å²) in [5.41, 5.74) is 0.418. The van der Waals surface area contributed by atoms with Crippen LogP contribution in [0.3, 0.4) is 0 Å². The van der Waals surface area contributed by atoms with Crippen LogP contribution in [-0.2, 0) is 16.5 Å². The zero-order chi connectivity index (χ0) is 28.0. The van der Waals surface area contributed by atoms with Gasteiger partial charge in [-0.3, -0.25) is 9.36 Å². The highest BCUT2D eigenvalue weighted by Gasteiger charge is 2.25. The number of anilines is 1. The summed E-state index contributed by atoms with van der Waals surface area (Å²) in [6.07, 6.45) is -1.12. The van der Waals surface area contributed by atoms with Crippen LogP contribution in [0.2, 0.25) is 0 Å². The lowest BCUT2D eigenvalue weighted by molar-refractivity contribution is -0.226. The molecule has 2 N–H and O–H groups in total. The minimum atomic E-state index is -1.60. The molecule has 11 heteroatoms. The van der Waals surface area contributed by atoms with E-state index in [4.69, 9.17) is 14.2 Å². The lowest BCUT2D eigenvalue weighted by atomic mass is 10.1. The molecule has 0 saturated carbocycles. The van der Waals surface area contributed by atoms with Crippen LogP contribution in [0.15, 0.2) is 41.2 Å². The van der Waals surface area contributed by atoms with Gasteiger partial charge < -0.3 is 24.6 Å². The SMILES string of the molecule is CCC[C@H](C)Oc1cc(-n2nc(C(O)OC(C)OCC)n(C)c2=O)c(F)cc1C(=O)Nc1ccccc1C. The van der Waals surface area contributed by atoms with Crippen LogP contribution in [0.1, 0.15) is 68.6 Å². The quantitative estimate of drug-likeness (QED) is 0.337. The first-order chi connectivity index (χ1) is 18.1. The van der Waals surface area contributed by atoms with Gasteiger partial charge in [0.15, 0.2) is 12.1 Å². The Hall–Kier alpha value is -3.54. The fourth-order valence-electron chi connectivity index (χ4n) is 3.91. The molecule has 0 aliphatic heterocycles. The van der Waals surface area contributed by atoms with Crippen molar-refractivity contribution < 1.29 is 28.5 Å². The normalized spacial score (nSPS) is 13.7. The summed E-state index contributed by atoms with van der Waals surface area (Å²) in [6, 6.07) is 9.50. The Morgan fingerprint density at radius 2 is 1.92 bits per heavy atom. The molecule has 38 heavy (non-hydrogen) atoms. The van der Waals surface area contributed by atoms with Crippen LogP contribution in [-0.4, -0.2) is 44.4 Å². The maximum atomic E-state index is 15.5. The van der Waals surface area contributed by atoms with Gasteiger partial charge in [0, 0.05) is 25.4 Å². The number of nitrogens with one attached hydrogen (secondary N) is 1. The average Bonchev–Trinajstić information content (AvgIpc) is 3.15. The topological polar surface area (TPSA) is 117 Å². The van der Waals surface area contributed by atoms with E-state index in [1.807, 2.05) is 32.9 Å². The predicted molar refractivity (Wildman–Crippen MR) is 140 cm³/mol. The van der Waals surface area contributed by atoms with Crippen LogP contribution >= 0.6 is 0 Å². The highest BCUT2D eigenvalue weighted by molar-refractivity contribution is 6.06. The first kappa shape index (κ1) is 29.0. The van der Waals surface area contributed by atoms with Crippen molar-refractivity contribution in [2.45, 2.75) is 66.1 Å². The van der Waals surface area contributed by atoms with E-state index in [0.29, 0.717) is 18.7 Å². The first-order valence-electron chi connectivity index (χ1n) is 12.6. The molecule has 0 fully saturated rings. The molecule has 10 nitrogen and oxygen atoms in total. The highest BCUT2D eigenvalue weighted by atomic mass is 19.1. The molecule has 3 aromatic rings. The molecule has 1 aromatic heterocycles. The molecular formula is C27H35FN4O6. The standard InChI is InChI=1S/C27H35FN4O6/c1-7-11-17(4)37-23-15-22(20(28)14-19(23)25(33)29-21-13-10-9-12-16(21)3)32-27(35)31(6)24(30-32)26(34)38-18(5)36-8-2/h9-10,12-15,17-18,26,34H,7-8,11H2,1-6H3,(H,29,33)/t17-,18?,26?/m0/s1. The van der Waals surface area contributed by atoms with Gasteiger partial charge in [-0.25, -0.2) is 9.18 Å². The Kier molecular flexibility index (Phi) is 9.78. The second-order valence-corrected chi connectivity index (χ2v) is 8.91. The van der Waals surface area contributed by atoms with Crippen molar-refractivity contribution in [3.8, 4) is 11.4 Å². The second kappa shape index (κ2) is 12.8. The number of carbonyl (C=O) groups is 1. The Morgan fingerprint density at radius 3 is 2.58 bits per heavy atom. The van der Waals surface area contributed by atoms with E-state index in [1.165, 1.54) is 13.1 Å². The highest BCUT2D eigenvalue weighted by Crippen LogP contribution is 2.28. The van der Waals surface area contributed by atoms with Gasteiger partial charge in [0.05, 0.1) is 11.7 Å². The summed E-state index contributed by atoms with van der Waals surface area (Å²) >= 11 is 0. The van der Waals surface area contributed by atoms with Crippen LogP contribution in [0, 0.1) is 12.7 Å². The van der Waals surface area contributed by atoms with E-state index in [9.17, 15) is 14.7 Å². The average molecular weight is 531 g/mol. The zero-order valence-electron chi connectivity index (χ0n) is 22.5. The van der Waals surface area contributed by atoms with Crippen molar-refractivity contribution in [2.24, 2.45) is 7.05 Å². The summed E-state index contributed by atoms with van der Waals surface area (Å²) in [5.74, 6) is -1.50. The smallest absolute Gasteiger partial charge is 0.350 e. The molecule has 2 aromatic carbocycles. The fraction of sp³-hybridized carbons (Fsp3) is 0.444. The molecule has 0 saturated heterocycles. The minimum absolute atomic E-state index is 0.0319. The van der Waals surface area contributed by atoms with Gasteiger partial charge in [-0.15, -0.1) is 5.10 Å². The van der Waals surface area contributed by atoms with Gasteiger partial charge in [0.2, 0.25) is 6.29 Å². The van der Waals surface area contributed by atoms with E-state index in [-0.39, 0.29) is 28.9 Å². The Balaban J connectivity index is 2.04. The first-order valence-corrected chi connectivity index (χ1v) is 12.6. The van der Waals surface area contributed by atoms with E-state index >= 15 is 4.39 Å². The Morgan fingerprint density at radius 1 is 1.21 bits per heavy atom. The van der Waals surface area contributed by atoms with E-state index < -0.39 is 30.0 Å². The molecule has 2 unspecified atom stereocenters. The van der Waals surface area contributed by atoms with Crippen molar-refractivity contribution in [3.05, 3.63) is 69.7 Å². The molecule has 1 heterocycles. The van der Waals surface area contributed by atoms with E-state index in [0.717, 1.165) is 27.3 Å². The molecule has 0 aliphatic rings. The third kappa shape index (κ3) is 6.66. The number of amides is 1. The van der Waals surface area contributed by atoms with Crippen molar-refractivity contribution in [1.29, 1.82) is 0 Å². The molecule has 206 valence electrons. The number of carbonyl (C=O) groups excluding carboxylic acids is 1. The molecular weight excluding hydrogens is 495 g/mol. The number of aryl methyl sites for hydroxylation is 1. The van der Waals surface area contributed by atoms with Crippen molar-refractivity contribution >= 4 is 11.6 Å². The predicted octanol–water partition coefficient (Wildman–Crippen LogP) is 4.23. The van der Waals surface area contributed by atoms with E-state index in [2.05, 4.69) is 10.4 Å². The maximum absolute atomic E-state index is 15.5. The molecule has 0 bridgehead atoms. The molecule has 1 amide bonds. The monoisotopic (exact) mass is 530 g/mol. The van der Waals surface area contributed by atoms with Gasteiger partial charge in [0.25, 0.3) is 5.91 Å². The van der Waals surface area contributed by atoms with Crippen LogP contribution in [0.25, 0.3) is 5.69 Å². The number of ether oxygens (including phenoxy) is 3. The van der Waals surface area contributed by atoms with Gasteiger partial charge in [-0.2, -0.15) is 4.68 Å². The Bertz CT molecular complexity index is 1320. The molecule has 0 aliphatic carbocycles. The van der Waals surface area contributed by atoms with Crippen LogP contribution in [0.4, 0.5) is 10.1 Å². The number of nitrogens with zero attached hydrogens (tertiary/aromatic N) is 3. The van der Waals surface area contributed by atoms with Gasteiger partial charge in [-0.1, -0.05) is 31.5 Å². The van der Waals surface area contributed by atoms with Crippen LogP contribution in [0.5, 0.6) is 5.75 Å². The molecule has 3 rings (SSSR count). The summed E-state index contributed by atoms with van der Waals surface area (Å²) in [4.78, 5) is 26.2. The number of halogens is 1. The molecule has 0 spiro atoms. The lowest BCUT2D eigenvalue weighted by Gasteiger charge is -2.18. The number of benzene rings is 2. The fourth-order valence-corrected chi connectivity index (χ4v) is 3.91. The van der Waals surface area contributed by atoms with E-state index in [1.54, 1.807) is 26.0 Å². The molecule has 3 atom stereocenters. The maximum Gasteiger partial charge on any atom is 0.350 e. The lowest BCUT2D eigenvalue weighted by Crippen LogP contribution is -2.25. The third-order valence-corrected chi connectivity index (χ3v) is 5.90. The van der Waals surface area contributed by atoms with Crippen LogP contribution < -0.4 is 15.7 Å². The summed E-state index contributed by atoms with van der Waals surface area (Å²) in [6.45, 7) is 9.40. The number of aliphatic hydroxyl groups is 1. The summed E-state index contributed by atoms with van der Waals surface area (Å²) < 4.78 is 33.9. The number of hydrogen-bond acceptors (Lipinski definition) is 7. The summed E-state index contributed by atoms with van der Waals surface area (Å²) in [7, 11) is 1.38. The van der Waals surface area contributed by atoms with Gasteiger partial charge >= 0.3 is 5.69 Å². The van der Waals surface area contributed by atoms with Crippen molar-refractivity contribution in [2.75, 3.05) is 11.9 Å². The largest absolute Gasteiger partial charge is 0.490 e. The number of hydrogen-bond donors (Lipinski definition) is 2. The molecule has 0 radical (unpaired) electrons. The summed E-state index contributed by atoms with van der Waals surface area (Å²) in [5, 5.41) is 17.4. The Labute approximate surface area is 221 Å². The van der Waals surface area contributed by atoms with Crippen molar-refractivity contribution in [1.82, 2.24) is 14.3 Å². The zero-order valence-corrected chi connectivity index (χ0v) is 22.5. The number of rotatable bonds is 12. The number of aliphatic hydroxyl groups excluding tert-OH is 1. The number of para-hydroxylation sites is 1. The van der Waals surface area contributed by atoms with Gasteiger partial charge in [0.1, 0.15) is 17.3 Å².